The molecule has 2 amide bonds. The summed E-state index contributed by atoms with van der Waals surface area (Å²) in [6.07, 6.45) is 0. The van der Waals surface area contributed by atoms with Gasteiger partial charge in [-0.1, -0.05) is 42.5 Å². The minimum Gasteiger partial charge on any atom is -0.494 e. The van der Waals surface area contributed by atoms with Crippen LogP contribution in [0, 0.1) is 0 Å². The molecule has 4 rings (SSSR count). The van der Waals surface area contributed by atoms with Gasteiger partial charge in [-0.15, -0.1) is 11.3 Å². The van der Waals surface area contributed by atoms with Crippen molar-refractivity contribution < 1.29 is 9.53 Å². The fourth-order valence-corrected chi connectivity index (χ4v) is 3.81. The van der Waals surface area contributed by atoms with Crippen LogP contribution in [0.3, 0.4) is 0 Å². The predicted octanol–water partition coefficient (Wildman–Crippen LogP) is 6.52. The zero-order chi connectivity index (χ0) is 20.8. The Labute approximate surface area is 179 Å². The first kappa shape index (κ1) is 19.7. The number of urea groups is 1. The van der Waals surface area contributed by atoms with Crippen molar-refractivity contribution >= 4 is 28.7 Å². The van der Waals surface area contributed by atoms with E-state index in [1.165, 1.54) is 0 Å². The number of amides is 2. The van der Waals surface area contributed by atoms with Crippen molar-refractivity contribution in [2.24, 2.45) is 0 Å². The van der Waals surface area contributed by atoms with Crippen molar-refractivity contribution in [3.05, 3.63) is 84.2 Å². The first-order chi connectivity index (χ1) is 14.7. The fraction of sp³-hybridized carbons (Fsp3) is 0.0833. The molecular weight excluding hydrogens is 394 g/mol. The van der Waals surface area contributed by atoms with E-state index in [1.54, 1.807) is 23.5 Å². The number of nitrogens with zero attached hydrogens (tertiary/aromatic N) is 1. The number of anilines is 2. The number of carbonyl (C=O) groups is 1. The Morgan fingerprint density at radius 3 is 2.40 bits per heavy atom. The minimum atomic E-state index is -0.306. The average molecular weight is 416 g/mol. The van der Waals surface area contributed by atoms with Crippen molar-refractivity contribution in [3.8, 4) is 27.6 Å². The summed E-state index contributed by atoms with van der Waals surface area (Å²) >= 11 is 1.60. The van der Waals surface area contributed by atoms with E-state index < -0.39 is 0 Å². The van der Waals surface area contributed by atoms with E-state index in [0.29, 0.717) is 18.0 Å². The molecule has 0 saturated heterocycles. The quantitative estimate of drug-likeness (QED) is 0.377. The minimum absolute atomic E-state index is 0.306. The number of benzene rings is 3. The Balaban J connectivity index is 1.43. The van der Waals surface area contributed by atoms with Crippen LogP contribution in [0.1, 0.15) is 6.92 Å². The Morgan fingerprint density at radius 1 is 0.900 bits per heavy atom. The van der Waals surface area contributed by atoms with Crippen LogP contribution >= 0.6 is 11.3 Å². The first-order valence-electron chi connectivity index (χ1n) is 9.63. The molecule has 0 aliphatic rings. The smallest absolute Gasteiger partial charge is 0.323 e. The van der Waals surface area contributed by atoms with Crippen LogP contribution in [0.5, 0.6) is 5.75 Å². The summed E-state index contributed by atoms with van der Waals surface area (Å²) in [4.78, 5) is 17.1. The highest BCUT2D eigenvalue weighted by molar-refractivity contribution is 7.13. The summed E-state index contributed by atoms with van der Waals surface area (Å²) in [5.41, 5.74) is 4.32. The topological polar surface area (TPSA) is 63.2 Å². The summed E-state index contributed by atoms with van der Waals surface area (Å²) in [5, 5.41) is 8.70. The second-order valence-electron chi connectivity index (χ2n) is 6.52. The molecule has 1 aromatic heterocycles. The third-order valence-electron chi connectivity index (χ3n) is 4.36. The van der Waals surface area contributed by atoms with Crippen molar-refractivity contribution in [2.45, 2.75) is 6.92 Å². The molecule has 0 bridgehead atoms. The SMILES string of the molecule is CCOc1ccc(NC(=O)Nc2cccc(-c3csc(-c4ccccc4)n3)c2)cc1. The summed E-state index contributed by atoms with van der Waals surface area (Å²) in [5.74, 6) is 0.772. The maximum absolute atomic E-state index is 12.4. The maximum atomic E-state index is 12.4. The van der Waals surface area contributed by atoms with Crippen LogP contribution in [0.2, 0.25) is 0 Å². The zero-order valence-electron chi connectivity index (χ0n) is 16.5. The maximum Gasteiger partial charge on any atom is 0.323 e. The second-order valence-corrected chi connectivity index (χ2v) is 7.38. The van der Waals surface area contributed by atoms with Crippen molar-refractivity contribution in [3.63, 3.8) is 0 Å². The molecule has 0 unspecified atom stereocenters. The van der Waals surface area contributed by atoms with Gasteiger partial charge in [0.1, 0.15) is 10.8 Å². The highest BCUT2D eigenvalue weighted by Crippen LogP contribution is 2.29. The number of carbonyl (C=O) groups excluding carboxylic acids is 1. The number of nitrogens with one attached hydrogen (secondary N) is 2. The molecule has 2 N–H and O–H groups in total. The van der Waals surface area contributed by atoms with Crippen LogP contribution in [0.4, 0.5) is 16.2 Å². The number of hydrogen-bond acceptors (Lipinski definition) is 4. The van der Waals surface area contributed by atoms with Gasteiger partial charge >= 0.3 is 6.03 Å². The van der Waals surface area contributed by atoms with Gasteiger partial charge in [-0.05, 0) is 43.3 Å². The van der Waals surface area contributed by atoms with Crippen molar-refractivity contribution in [2.75, 3.05) is 17.2 Å². The van der Waals surface area contributed by atoms with Crippen LogP contribution < -0.4 is 15.4 Å². The molecule has 30 heavy (non-hydrogen) atoms. The molecule has 6 heteroatoms. The van der Waals surface area contributed by atoms with E-state index in [0.717, 1.165) is 27.6 Å². The van der Waals surface area contributed by atoms with Crippen LogP contribution in [0.25, 0.3) is 21.8 Å². The Kier molecular flexibility index (Phi) is 6.06. The highest BCUT2D eigenvalue weighted by Gasteiger charge is 2.08. The van der Waals surface area contributed by atoms with E-state index in [9.17, 15) is 4.79 Å². The van der Waals surface area contributed by atoms with Crippen molar-refractivity contribution in [1.29, 1.82) is 0 Å². The molecule has 0 radical (unpaired) electrons. The molecule has 0 fully saturated rings. The Hall–Kier alpha value is -3.64. The molecule has 0 saturated carbocycles. The lowest BCUT2D eigenvalue weighted by Gasteiger charge is -2.09. The third-order valence-corrected chi connectivity index (χ3v) is 5.26. The number of rotatable bonds is 6. The van der Waals surface area contributed by atoms with E-state index in [4.69, 9.17) is 9.72 Å². The summed E-state index contributed by atoms with van der Waals surface area (Å²) in [6, 6.07) is 24.7. The summed E-state index contributed by atoms with van der Waals surface area (Å²) in [7, 11) is 0. The molecule has 5 nitrogen and oxygen atoms in total. The number of aromatic nitrogens is 1. The first-order valence-corrected chi connectivity index (χ1v) is 10.5. The largest absolute Gasteiger partial charge is 0.494 e. The van der Waals surface area contributed by atoms with Crippen LogP contribution in [0.15, 0.2) is 84.2 Å². The summed E-state index contributed by atoms with van der Waals surface area (Å²) < 4.78 is 5.41. The Bertz CT molecular complexity index is 1120. The molecule has 0 aliphatic carbocycles. The number of hydrogen-bond donors (Lipinski definition) is 2. The van der Waals surface area contributed by atoms with Crippen LogP contribution in [-0.4, -0.2) is 17.6 Å². The van der Waals surface area contributed by atoms with Crippen molar-refractivity contribution in [1.82, 2.24) is 4.98 Å². The monoisotopic (exact) mass is 415 g/mol. The normalized spacial score (nSPS) is 10.4. The fourth-order valence-electron chi connectivity index (χ4n) is 2.97. The molecule has 1 heterocycles. The van der Waals surface area contributed by atoms with E-state index in [-0.39, 0.29) is 6.03 Å². The lowest BCUT2D eigenvalue weighted by atomic mass is 10.1. The molecule has 4 aromatic rings. The molecule has 150 valence electrons. The Morgan fingerprint density at radius 2 is 1.63 bits per heavy atom. The van der Waals surface area contributed by atoms with Gasteiger partial charge in [0.2, 0.25) is 0 Å². The third kappa shape index (κ3) is 4.85. The van der Waals surface area contributed by atoms with Gasteiger partial charge in [0.15, 0.2) is 0 Å². The van der Waals surface area contributed by atoms with E-state index in [2.05, 4.69) is 10.6 Å². The van der Waals surface area contributed by atoms with E-state index >= 15 is 0 Å². The lowest BCUT2D eigenvalue weighted by molar-refractivity contribution is 0.262. The zero-order valence-corrected chi connectivity index (χ0v) is 17.3. The van der Waals surface area contributed by atoms with Gasteiger partial charge in [-0.2, -0.15) is 0 Å². The standard InChI is InChI=1S/C24H21N3O2S/c1-2-29-21-13-11-19(12-14-21)25-24(28)26-20-10-6-9-18(15-20)22-16-30-23(27-22)17-7-4-3-5-8-17/h3-16H,2H2,1H3,(H2,25,26,28). The number of thiazole rings is 1. The van der Waals surface area contributed by atoms with Gasteiger partial charge in [0.05, 0.1) is 12.3 Å². The molecule has 0 atom stereocenters. The van der Waals surface area contributed by atoms with Gasteiger partial charge in [0, 0.05) is 27.9 Å². The molecule has 0 aliphatic heterocycles. The van der Waals surface area contributed by atoms with Gasteiger partial charge in [-0.25, -0.2) is 9.78 Å². The van der Waals surface area contributed by atoms with Gasteiger partial charge in [-0.3, -0.25) is 0 Å². The van der Waals surface area contributed by atoms with Crippen LogP contribution in [-0.2, 0) is 0 Å². The van der Waals surface area contributed by atoms with Gasteiger partial charge in [0.25, 0.3) is 0 Å². The molecule has 3 aromatic carbocycles. The van der Waals surface area contributed by atoms with Gasteiger partial charge < -0.3 is 15.4 Å². The molecular formula is C24H21N3O2S. The lowest BCUT2D eigenvalue weighted by Crippen LogP contribution is -2.19. The second kappa shape index (κ2) is 9.24. The van der Waals surface area contributed by atoms with E-state index in [1.807, 2.05) is 79.0 Å². The molecule has 0 spiro atoms. The average Bonchev–Trinajstić information content (AvgIpc) is 3.27. The number of ether oxygens (including phenoxy) is 1. The predicted molar refractivity (Wildman–Crippen MR) is 123 cm³/mol. The summed E-state index contributed by atoms with van der Waals surface area (Å²) in [6.45, 7) is 2.54. The highest BCUT2D eigenvalue weighted by atomic mass is 32.1.